The summed E-state index contributed by atoms with van der Waals surface area (Å²) in [5, 5.41) is 2.64. The van der Waals surface area contributed by atoms with Crippen molar-refractivity contribution in [3.63, 3.8) is 0 Å². The van der Waals surface area contributed by atoms with Gasteiger partial charge in [-0.1, -0.05) is 0 Å². The van der Waals surface area contributed by atoms with E-state index < -0.39 is 11.7 Å². The molecule has 2 heterocycles. The van der Waals surface area contributed by atoms with Gasteiger partial charge in [-0.25, -0.2) is 4.98 Å². The second-order valence-corrected chi connectivity index (χ2v) is 4.84. The number of anilines is 2. The average molecular weight is 302 g/mol. The number of nitrogens with zero attached hydrogens (tertiary/aromatic N) is 3. The van der Waals surface area contributed by atoms with Gasteiger partial charge in [0.2, 0.25) is 5.91 Å². The predicted octanol–water partition coefficient (Wildman–Crippen LogP) is 1.81. The van der Waals surface area contributed by atoms with Gasteiger partial charge in [-0.05, 0) is 12.1 Å². The largest absolute Gasteiger partial charge is 0.416 e. The van der Waals surface area contributed by atoms with Gasteiger partial charge in [0.05, 0.1) is 5.56 Å². The summed E-state index contributed by atoms with van der Waals surface area (Å²) in [6.45, 7) is 3.40. The highest BCUT2D eigenvalue weighted by molar-refractivity contribution is 5.73. The molecular weight excluding hydrogens is 285 g/mol. The number of hydrogen-bond acceptors (Lipinski definition) is 4. The zero-order chi connectivity index (χ0) is 15.6. The maximum Gasteiger partial charge on any atom is 0.416 e. The maximum absolute atomic E-state index is 12.9. The van der Waals surface area contributed by atoms with E-state index in [4.69, 9.17) is 0 Å². The fraction of sp³-hybridized carbons (Fsp3) is 0.538. The quantitative estimate of drug-likeness (QED) is 0.905. The summed E-state index contributed by atoms with van der Waals surface area (Å²) in [6.07, 6.45) is -4.41. The minimum atomic E-state index is -4.41. The van der Waals surface area contributed by atoms with Gasteiger partial charge in [-0.2, -0.15) is 13.2 Å². The van der Waals surface area contributed by atoms with Crippen molar-refractivity contribution in [3.05, 3.63) is 17.7 Å². The molecule has 1 N–H and O–H groups in total. The second kappa shape index (κ2) is 5.79. The molecule has 1 aromatic rings. The van der Waals surface area contributed by atoms with Crippen molar-refractivity contribution in [1.29, 1.82) is 0 Å². The van der Waals surface area contributed by atoms with Crippen molar-refractivity contribution in [3.8, 4) is 0 Å². The van der Waals surface area contributed by atoms with Gasteiger partial charge in [0.15, 0.2) is 0 Å². The van der Waals surface area contributed by atoms with Crippen molar-refractivity contribution in [1.82, 2.24) is 9.88 Å². The Labute approximate surface area is 120 Å². The van der Waals surface area contributed by atoms with E-state index in [1.54, 1.807) is 9.80 Å². The van der Waals surface area contributed by atoms with E-state index in [1.807, 2.05) is 0 Å². The molecule has 5 nitrogen and oxygen atoms in total. The van der Waals surface area contributed by atoms with Crippen LogP contribution in [0.5, 0.6) is 0 Å². The van der Waals surface area contributed by atoms with E-state index >= 15 is 0 Å². The van der Waals surface area contributed by atoms with E-state index in [1.165, 1.54) is 14.0 Å². The lowest BCUT2D eigenvalue weighted by Gasteiger charge is -2.35. The van der Waals surface area contributed by atoms with Crippen molar-refractivity contribution < 1.29 is 18.0 Å². The Morgan fingerprint density at radius 1 is 1.24 bits per heavy atom. The van der Waals surface area contributed by atoms with E-state index in [2.05, 4.69) is 10.3 Å². The molecule has 0 atom stereocenters. The fourth-order valence-electron chi connectivity index (χ4n) is 2.22. The van der Waals surface area contributed by atoms with Crippen LogP contribution in [0, 0.1) is 0 Å². The number of carbonyl (C=O) groups excluding carboxylic acids is 1. The molecule has 1 aromatic heterocycles. The second-order valence-electron chi connectivity index (χ2n) is 4.84. The van der Waals surface area contributed by atoms with Gasteiger partial charge < -0.3 is 15.1 Å². The minimum absolute atomic E-state index is 0.0254. The highest BCUT2D eigenvalue weighted by atomic mass is 19.4. The van der Waals surface area contributed by atoms with Crippen LogP contribution in [0.1, 0.15) is 12.5 Å². The lowest BCUT2D eigenvalue weighted by molar-refractivity contribution is -0.137. The van der Waals surface area contributed by atoms with Crippen LogP contribution in [0.4, 0.5) is 24.8 Å². The molecular formula is C13H17F3N4O. The predicted molar refractivity (Wildman–Crippen MR) is 73.3 cm³/mol. The number of piperazine rings is 1. The third-order valence-electron chi connectivity index (χ3n) is 3.44. The molecule has 0 aromatic carbocycles. The molecule has 2 rings (SSSR count). The molecule has 21 heavy (non-hydrogen) atoms. The highest BCUT2D eigenvalue weighted by Gasteiger charge is 2.32. The molecule has 1 amide bonds. The topological polar surface area (TPSA) is 48.5 Å². The molecule has 1 fully saturated rings. The number of alkyl halides is 3. The number of amides is 1. The first-order valence-electron chi connectivity index (χ1n) is 6.59. The van der Waals surface area contributed by atoms with Crippen LogP contribution in [-0.2, 0) is 11.0 Å². The number of pyridine rings is 1. The molecule has 1 saturated heterocycles. The van der Waals surface area contributed by atoms with Crippen LogP contribution in [-0.4, -0.2) is 49.0 Å². The van der Waals surface area contributed by atoms with Crippen LogP contribution >= 0.6 is 0 Å². The molecule has 0 bridgehead atoms. The minimum Gasteiger partial charge on any atom is -0.373 e. The van der Waals surface area contributed by atoms with E-state index in [0.29, 0.717) is 26.2 Å². The Balaban J connectivity index is 2.22. The van der Waals surface area contributed by atoms with Crippen LogP contribution in [0.3, 0.4) is 0 Å². The summed E-state index contributed by atoms with van der Waals surface area (Å²) >= 11 is 0. The van der Waals surface area contributed by atoms with E-state index in [0.717, 1.165) is 12.1 Å². The van der Waals surface area contributed by atoms with Crippen LogP contribution in [0.15, 0.2) is 12.1 Å². The van der Waals surface area contributed by atoms with Gasteiger partial charge in [0.1, 0.15) is 11.6 Å². The maximum atomic E-state index is 12.9. The summed E-state index contributed by atoms with van der Waals surface area (Å²) in [4.78, 5) is 18.9. The van der Waals surface area contributed by atoms with Gasteiger partial charge in [0, 0.05) is 40.2 Å². The molecule has 0 spiro atoms. The molecule has 0 unspecified atom stereocenters. The zero-order valence-corrected chi connectivity index (χ0v) is 11.9. The Morgan fingerprint density at radius 2 is 1.86 bits per heavy atom. The smallest absolute Gasteiger partial charge is 0.373 e. The van der Waals surface area contributed by atoms with Gasteiger partial charge in [0.25, 0.3) is 0 Å². The molecule has 0 radical (unpaired) electrons. The van der Waals surface area contributed by atoms with E-state index in [-0.39, 0.29) is 17.5 Å². The third-order valence-corrected chi connectivity index (χ3v) is 3.44. The molecule has 1 aliphatic heterocycles. The van der Waals surface area contributed by atoms with Crippen LogP contribution < -0.4 is 10.2 Å². The Hall–Kier alpha value is -1.99. The van der Waals surface area contributed by atoms with Crippen molar-refractivity contribution >= 4 is 17.5 Å². The number of rotatable bonds is 2. The fourth-order valence-corrected chi connectivity index (χ4v) is 2.22. The van der Waals surface area contributed by atoms with Crippen molar-refractivity contribution in [2.45, 2.75) is 13.1 Å². The number of aromatic nitrogens is 1. The molecule has 0 aliphatic carbocycles. The summed E-state index contributed by atoms with van der Waals surface area (Å²) in [5.41, 5.74) is -0.731. The Kier molecular flexibility index (Phi) is 4.24. The average Bonchev–Trinajstić information content (AvgIpc) is 2.46. The molecule has 116 valence electrons. The number of carbonyl (C=O) groups is 1. The normalized spacial score (nSPS) is 16.0. The standard InChI is InChI=1S/C13H17F3N4O/c1-9(21)19-3-5-20(6-4-19)12-8-10(13(14,15)16)7-11(17-2)18-12/h7-8H,3-6H2,1-2H3,(H,17,18). The van der Waals surface area contributed by atoms with E-state index in [9.17, 15) is 18.0 Å². The summed E-state index contributed by atoms with van der Waals surface area (Å²) in [6, 6.07) is 2.03. The highest BCUT2D eigenvalue weighted by Crippen LogP contribution is 2.33. The first-order valence-corrected chi connectivity index (χ1v) is 6.59. The first-order chi connectivity index (χ1) is 9.81. The zero-order valence-electron chi connectivity index (χ0n) is 11.9. The first kappa shape index (κ1) is 15.4. The van der Waals surface area contributed by atoms with Gasteiger partial charge in [-0.15, -0.1) is 0 Å². The molecule has 8 heteroatoms. The third kappa shape index (κ3) is 3.56. The summed E-state index contributed by atoms with van der Waals surface area (Å²) in [5.74, 6) is 0.425. The van der Waals surface area contributed by atoms with Gasteiger partial charge in [-0.3, -0.25) is 4.79 Å². The number of nitrogens with one attached hydrogen (secondary N) is 1. The van der Waals surface area contributed by atoms with Crippen LogP contribution in [0.25, 0.3) is 0 Å². The lowest BCUT2D eigenvalue weighted by atomic mass is 10.2. The van der Waals surface area contributed by atoms with Crippen LogP contribution in [0.2, 0.25) is 0 Å². The monoisotopic (exact) mass is 302 g/mol. The molecule has 0 saturated carbocycles. The summed E-state index contributed by atoms with van der Waals surface area (Å²) in [7, 11) is 1.53. The lowest BCUT2D eigenvalue weighted by Crippen LogP contribution is -2.48. The number of hydrogen-bond donors (Lipinski definition) is 1. The Morgan fingerprint density at radius 3 is 2.33 bits per heavy atom. The van der Waals surface area contributed by atoms with Crippen molar-refractivity contribution in [2.75, 3.05) is 43.4 Å². The SMILES string of the molecule is CNc1cc(C(F)(F)F)cc(N2CCN(C(C)=O)CC2)n1. The Bertz CT molecular complexity index is 525. The summed E-state index contributed by atoms with van der Waals surface area (Å²) < 4.78 is 38.7. The van der Waals surface area contributed by atoms with Gasteiger partial charge >= 0.3 is 6.18 Å². The van der Waals surface area contributed by atoms with Crippen molar-refractivity contribution in [2.24, 2.45) is 0 Å². The molecule has 1 aliphatic rings. The number of halogens is 3.